The van der Waals surface area contributed by atoms with E-state index in [9.17, 15) is 14.4 Å². The number of nitrogens with one attached hydrogen (secondary N) is 1. The summed E-state index contributed by atoms with van der Waals surface area (Å²) >= 11 is 0. The fraction of sp³-hybridized carbons (Fsp3) is 0.400. The average Bonchev–Trinajstić information content (AvgIpc) is 3.35. The lowest BCUT2D eigenvalue weighted by atomic mass is 9.86. The third-order valence-electron chi connectivity index (χ3n) is 11.5. The van der Waals surface area contributed by atoms with E-state index < -0.39 is 60.0 Å². The minimum absolute atomic E-state index is 0.00631. The van der Waals surface area contributed by atoms with Gasteiger partial charge < -0.3 is 43.2 Å². The van der Waals surface area contributed by atoms with Crippen LogP contribution in [0.15, 0.2) is 152 Å². The van der Waals surface area contributed by atoms with Gasteiger partial charge in [-0.3, -0.25) is 4.79 Å². The second kappa shape index (κ2) is 26.4. The lowest BCUT2D eigenvalue weighted by Crippen LogP contribution is -2.61. The molecule has 1 fully saturated rings. The molecule has 356 valence electrons. The smallest absolute Gasteiger partial charge is 0.408 e. The maximum atomic E-state index is 13.3. The Balaban J connectivity index is 1.32. The molecule has 0 spiro atoms. The standard InChI is InChI=1S/C55H65NO11/c1-55(2,3)53(58)65-38-45(30-31-46(52(57)60-4)56-54(59)66-37-44-28-18-9-19-29-44)32-47-49(62-34-41-22-12-6-13-23-41)51(64-36-43-26-16-8-17-27-43)50(63-35-42-24-14-7-15-25-42)48(67-47)39-61-33-40-20-10-5-11-21-40/h5-29,45-51H,30-39H2,1-4H3,(H,56,59)/t45-,46-,47-,48+,49-,50-,51+/m0/s1. The van der Waals surface area contributed by atoms with E-state index in [1.807, 2.05) is 152 Å². The fourth-order valence-electron chi connectivity index (χ4n) is 7.78. The van der Waals surface area contributed by atoms with Crippen LogP contribution in [0.1, 0.15) is 67.9 Å². The number of hydrogen-bond donors (Lipinski definition) is 1. The van der Waals surface area contributed by atoms with Gasteiger partial charge in [0.25, 0.3) is 0 Å². The van der Waals surface area contributed by atoms with Crippen LogP contribution in [-0.2, 0) is 80.5 Å². The number of amides is 1. The molecule has 0 radical (unpaired) electrons. The topological polar surface area (TPSA) is 137 Å². The summed E-state index contributed by atoms with van der Waals surface area (Å²) in [5.41, 5.74) is 3.95. The molecule has 1 aliphatic rings. The van der Waals surface area contributed by atoms with Crippen molar-refractivity contribution in [3.8, 4) is 0 Å². The van der Waals surface area contributed by atoms with Crippen LogP contribution in [0.25, 0.3) is 0 Å². The number of ether oxygens (including phenoxy) is 8. The van der Waals surface area contributed by atoms with Crippen molar-refractivity contribution in [1.82, 2.24) is 5.32 Å². The second-order valence-corrected chi connectivity index (χ2v) is 17.8. The highest BCUT2D eigenvalue weighted by molar-refractivity contribution is 5.81. The van der Waals surface area contributed by atoms with E-state index in [1.54, 1.807) is 20.8 Å². The van der Waals surface area contributed by atoms with Gasteiger partial charge in [-0.2, -0.15) is 0 Å². The van der Waals surface area contributed by atoms with Crippen LogP contribution in [0.3, 0.4) is 0 Å². The van der Waals surface area contributed by atoms with E-state index in [2.05, 4.69) is 5.32 Å². The zero-order valence-electron chi connectivity index (χ0n) is 39.0. The van der Waals surface area contributed by atoms with Gasteiger partial charge >= 0.3 is 18.0 Å². The van der Waals surface area contributed by atoms with Crippen LogP contribution in [0.2, 0.25) is 0 Å². The van der Waals surface area contributed by atoms with Crippen molar-refractivity contribution in [2.24, 2.45) is 11.3 Å². The third kappa shape index (κ3) is 16.7. The van der Waals surface area contributed by atoms with Crippen molar-refractivity contribution in [1.29, 1.82) is 0 Å². The lowest BCUT2D eigenvalue weighted by Gasteiger charge is -2.47. The van der Waals surface area contributed by atoms with E-state index in [0.717, 1.165) is 27.8 Å². The number of carbonyl (C=O) groups is 3. The molecule has 0 aromatic heterocycles. The Morgan fingerprint density at radius 3 is 1.45 bits per heavy atom. The van der Waals surface area contributed by atoms with Crippen LogP contribution in [0, 0.1) is 11.3 Å². The summed E-state index contributed by atoms with van der Waals surface area (Å²) in [4.78, 5) is 39.6. The number of methoxy groups -OCH3 is 1. The molecule has 5 aromatic rings. The normalized spacial score (nSPS) is 19.1. The Morgan fingerprint density at radius 2 is 0.985 bits per heavy atom. The minimum Gasteiger partial charge on any atom is -0.467 e. The van der Waals surface area contributed by atoms with E-state index in [0.29, 0.717) is 19.4 Å². The molecule has 0 saturated carbocycles. The zero-order chi connectivity index (χ0) is 47.3. The molecule has 1 heterocycles. The van der Waals surface area contributed by atoms with Gasteiger partial charge in [-0.25, -0.2) is 9.59 Å². The highest BCUT2D eigenvalue weighted by atomic mass is 16.6. The van der Waals surface area contributed by atoms with Gasteiger partial charge in [0, 0.05) is 0 Å². The largest absolute Gasteiger partial charge is 0.467 e. The summed E-state index contributed by atoms with van der Waals surface area (Å²) in [6, 6.07) is 47.9. The predicted molar refractivity (Wildman–Crippen MR) is 253 cm³/mol. The molecule has 6 rings (SSSR count). The molecule has 12 nitrogen and oxygen atoms in total. The maximum absolute atomic E-state index is 13.3. The SMILES string of the molecule is COC(=O)[C@H](CC[C@H](COC(=O)C(C)(C)C)C[C@@H]1O[C@H](COCc2ccccc2)[C@H](OCc2ccccc2)[C@H](OCc2ccccc2)[C@H]1OCc1ccccc1)NC(=O)OCc1ccccc1. The van der Waals surface area contributed by atoms with E-state index in [-0.39, 0.29) is 52.0 Å². The van der Waals surface area contributed by atoms with Gasteiger partial charge in [0.1, 0.15) is 37.1 Å². The Bertz CT molecular complexity index is 2190. The molecule has 7 atom stereocenters. The maximum Gasteiger partial charge on any atom is 0.408 e. The van der Waals surface area contributed by atoms with Crippen LogP contribution in [-0.4, -0.2) is 74.9 Å². The van der Waals surface area contributed by atoms with Crippen LogP contribution >= 0.6 is 0 Å². The number of alkyl carbamates (subject to hydrolysis) is 1. The first-order valence-corrected chi connectivity index (χ1v) is 23.0. The Hall–Kier alpha value is -5.89. The molecule has 5 aromatic carbocycles. The molecule has 12 heteroatoms. The molecular formula is C55H65NO11. The Kier molecular flexibility index (Phi) is 19.9. The predicted octanol–water partition coefficient (Wildman–Crippen LogP) is 9.57. The Morgan fingerprint density at radius 1 is 0.552 bits per heavy atom. The molecule has 1 amide bonds. The fourth-order valence-corrected chi connectivity index (χ4v) is 7.78. The summed E-state index contributed by atoms with van der Waals surface area (Å²) in [6.45, 7) is 6.74. The minimum atomic E-state index is -1.05. The number of carbonyl (C=O) groups excluding carboxylic acids is 3. The van der Waals surface area contributed by atoms with E-state index in [1.165, 1.54) is 7.11 Å². The van der Waals surface area contributed by atoms with Gasteiger partial charge in [-0.15, -0.1) is 0 Å². The van der Waals surface area contributed by atoms with Crippen molar-refractivity contribution < 1.29 is 52.3 Å². The highest BCUT2D eigenvalue weighted by Crippen LogP contribution is 2.35. The first-order chi connectivity index (χ1) is 32.6. The summed E-state index contributed by atoms with van der Waals surface area (Å²) in [7, 11) is 1.27. The molecule has 1 N–H and O–H groups in total. The first kappa shape index (κ1) is 50.5. The number of benzene rings is 5. The van der Waals surface area contributed by atoms with Gasteiger partial charge in [0.15, 0.2) is 0 Å². The Labute approximate surface area is 395 Å². The third-order valence-corrected chi connectivity index (χ3v) is 11.5. The van der Waals surface area contributed by atoms with Gasteiger partial charge in [-0.05, 0) is 73.8 Å². The van der Waals surface area contributed by atoms with Crippen molar-refractivity contribution in [2.75, 3.05) is 20.3 Å². The monoisotopic (exact) mass is 915 g/mol. The van der Waals surface area contributed by atoms with E-state index in [4.69, 9.17) is 37.9 Å². The summed E-state index contributed by atoms with van der Waals surface area (Å²) < 4.78 is 50.9. The van der Waals surface area contributed by atoms with Gasteiger partial charge in [0.05, 0.1) is 58.3 Å². The highest BCUT2D eigenvalue weighted by Gasteiger charge is 2.49. The summed E-state index contributed by atoms with van der Waals surface area (Å²) in [5.74, 6) is -1.41. The van der Waals surface area contributed by atoms with Crippen molar-refractivity contribution in [3.05, 3.63) is 179 Å². The lowest BCUT2D eigenvalue weighted by molar-refractivity contribution is -0.275. The molecule has 0 aliphatic carbocycles. The van der Waals surface area contributed by atoms with Crippen LogP contribution in [0.5, 0.6) is 0 Å². The summed E-state index contributed by atoms with van der Waals surface area (Å²) in [6.07, 6.45) is -3.28. The molecule has 1 aliphatic heterocycles. The molecule has 67 heavy (non-hydrogen) atoms. The number of esters is 2. The van der Waals surface area contributed by atoms with Crippen molar-refractivity contribution >= 4 is 18.0 Å². The van der Waals surface area contributed by atoms with E-state index >= 15 is 0 Å². The first-order valence-electron chi connectivity index (χ1n) is 23.0. The zero-order valence-corrected chi connectivity index (χ0v) is 39.0. The van der Waals surface area contributed by atoms with Gasteiger partial charge in [0.2, 0.25) is 0 Å². The summed E-state index contributed by atoms with van der Waals surface area (Å²) in [5, 5.41) is 2.70. The molecular weight excluding hydrogens is 851 g/mol. The number of hydrogen-bond acceptors (Lipinski definition) is 11. The quantitative estimate of drug-likeness (QED) is 0.0468. The molecule has 1 saturated heterocycles. The molecule has 0 unspecified atom stereocenters. The van der Waals surface area contributed by atoms with Crippen molar-refractivity contribution in [2.45, 2.75) is 110 Å². The van der Waals surface area contributed by atoms with Crippen LogP contribution in [0.4, 0.5) is 4.79 Å². The second-order valence-electron chi connectivity index (χ2n) is 17.8. The average molecular weight is 916 g/mol. The van der Waals surface area contributed by atoms with Crippen molar-refractivity contribution in [3.63, 3.8) is 0 Å². The molecule has 0 bridgehead atoms. The van der Waals surface area contributed by atoms with Crippen LogP contribution < -0.4 is 5.32 Å². The number of rotatable bonds is 24. The van der Waals surface area contributed by atoms with Gasteiger partial charge in [-0.1, -0.05) is 152 Å².